The third-order valence-corrected chi connectivity index (χ3v) is 6.40. The van der Waals surface area contributed by atoms with E-state index in [0.29, 0.717) is 12.6 Å². The molecule has 1 saturated heterocycles. The Hall–Kier alpha value is -1.92. The standard InChI is InChI=1S/C22H33N5S/c1-22(2,3)20-26-18(16-28-20)14-24-21(23-4)25-15-19(27-12-8-9-13-27)17-10-6-5-7-11-17/h5-7,10-11,16,19H,8-9,12-15H2,1-4H3,(H2,23,24,25). The van der Waals surface area contributed by atoms with Crippen LogP contribution in [0.3, 0.4) is 0 Å². The molecule has 1 fully saturated rings. The summed E-state index contributed by atoms with van der Waals surface area (Å²) in [5, 5.41) is 10.2. The van der Waals surface area contributed by atoms with Gasteiger partial charge in [0.05, 0.1) is 23.3 Å². The molecule has 5 nitrogen and oxygen atoms in total. The van der Waals surface area contributed by atoms with Gasteiger partial charge in [0, 0.05) is 24.4 Å². The predicted molar refractivity (Wildman–Crippen MR) is 119 cm³/mol. The number of thiazole rings is 1. The number of hydrogen-bond donors (Lipinski definition) is 2. The van der Waals surface area contributed by atoms with Crippen molar-refractivity contribution in [2.75, 3.05) is 26.7 Å². The minimum atomic E-state index is 0.0987. The normalized spacial score (nSPS) is 16.9. The van der Waals surface area contributed by atoms with Crippen LogP contribution in [0, 0.1) is 0 Å². The third-order valence-electron chi connectivity index (χ3n) is 5.08. The molecule has 2 heterocycles. The summed E-state index contributed by atoms with van der Waals surface area (Å²) >= 11 is 1.73. The molecule has 3 rings (SSSR count). The van der Waals surface area contributed by atoms with Gasteiger partial charge < -0.3 is 10.6 Å². The summed E-state index contributed by atoms with van der Waals surface area (Å²) in [5.41, 5.74) is 2.53. The Labute approximate surface area is 173 Å². The quantitative estimate of drug-likeness (QED) is 0.571. The number of aliphatic imine (C=N–C) groups is 1. The number of likely N-dealkylation sites (tertiary alicyclic amines) is 1. The summed E-state index contributed by atoms with van der Waals surface area (Å²) in [6, 6.07) is 11.2. The lowest BCUT2D eigenvalue weighted by molar-refractivity contribution is 0.245. The Morgan fingerprint density at radius 3 is 2.50 bits per heavy atom. The average molecular weight is 400 g/mol. The summed E-state index contributed by atoms with van der Waals surface area (Å²) in [4.78, 5) is 11.7. The monoisotopic (exact) mass is 399 g/mol. The molecule has 0 spiro atoms. The molecule has 152 valence electrons. The molecule has 0 radical (unpaired) electrons. The van der Waals surface area contributed by atoms with Crippen molar-refractivity contribution in [3.05, 3.63) is 52.0 Å². The van der Waals surface area contributed by atoms with Crippen LogP contribution in [0.4, 0.5) is 0 Å². The molecular weight excluding hydrogens is 366 g/mol. The van der Waals surface area contributed by atoms with Gasteiger partial charge in [-0.05, 0) is 31.5 Å². The van der Waals surface area contributed by atoms with E-state index in [4.69, 9.17) is 4.98 Å². The highest BCUT2D eigenvalue weighted by molar-refractivity contribution is 7.09. The zero-order chi connectivity index (χ0) is 20.0. The number of benzene rings is 1. The summed E-state index contributed by atoms with van der Waals surface area (Å²) < 4.78 is 0. The van der Waals surface area contributed by atoms with Gasteiger partial charge in [0.25, 0.3) is 0 Å². The van der Waals surface area contributed by atoms with Crippen LogP contribution >= 0.6 is 11.3 Å². The van der Waals surface area contributed by atoms with Crippen LogP contribution in [-0.2, 0) is 12.0 Å². The highest BCUT2D eigenvalue weighted by atomic mass is 32.1. The molecule has 28 heavy (non-hydrogen) atoms. The second kappa shape index (κ2) is 9.52. The molecule has 0 bridgehead atoms. The van der Waals surface area contributed by atoms with Crippen molar-refractivity contribution in [1.82, 2.24) is 20.5 Å². The van der Waals surface area contributed by atoms with Gasteiger partial charge in [-0.3, -0.25) is 9.89 Å². The van der Waals surface area contributed by atoms with Gasteiger partial charge in [0.2, 0.25) is 0 Å². The number of nitrogens with one attached hydrogen (secondary N) is 2. The molecule has 0 amide bonds. The van der Waals surface area contributed by atoms with Crippen molar-refractivity contribution >= 4 is 17.3 Å². The molecule has 1 atom stereocenters. The Bertz CT molecular complexity index is 757. The second-order valence-electron chi connectivity index (χ2n) is 8.37. The lowest BCUT2D eigenvalue weighted by Gasteiger charge is -2.28. The van der Waals surface area contributed by atoms with E-state index in [9.17, 15) is 0 Å². The molecule has 1 aliphatic rings. The lowest BCUT2D eigenvalue weighted by Crippen LogP contribution is -2.42. The third kappa shape index (κ3) is 5.55. The fraction of sp³-hybridized carbons (Fsp3) is 0.545. The maximum Gasteiger partial charge on any atom is 0.191 e. The highest BCUT2D eigenvalue weighted by Crippen LogP contribution is 2.26. The largest absolute Gasteiger partial charge is 0.354 e. The number of aromatic nitrogens is 1. The van der Waals surface area contributed by atoms with E-state index in [2.05, 4.69) is 77.0 Å². The zero-order valence-corrected chi connectivity index (χ0v) is 18.4. The van der Waals surface area contributed by atoms with Crippen molar-refractivity contribution < 1.29 is 0 Å². The SMILES string of the molecule is CN=C(NCc1csc(C(C)(C)C)n1)NCC(c1ccccc1)N1CCCC1. The molecule has 2 N–H and O–H groups in total. The van der Waals surface area contributed by atoms with Gasteiger partial charge in [-0.15, -0.1) is 11.3 Å². The number of rotatable bonds is 6. The Balaban J connectivity index is 1.58. The topological polar surface area (TPSA) is 52.6 Å². The van der Waals surface area contributed by atoms with E-state index in [1.54, 1.807) is 11.3 Å². The van der Waals surface area contributed by atoms with E-state index in [0.717, 1.165) is 18.2 Å². The molecule has 1 aliphatic heterocycles. The first-order valence-electron chi connectivity index (χ1n) is 10.2. The zero-order valence-electron chi connectivity index (χ0n) is 17.5. The second-order valence-corrected chi connectivity index (χ2v) is 9.23. The molecule has 0 aliphatic carbocycles. The maximum atomic E-state index is 4.76. The molecule has 1 aromatic carbocycles. The van der Waals surface area contributed by atoms with Gasteiger partial charge in [-0.1, -0.05) is 51.1 Å². The fourth-order valence-corrected chi connectivity index (χ4v) is 4.41. The Morgan fingerprint density at radius 1 is 1.18 bits per heavy atom. The summed E-state index contributed by atoms with van der Waals surface area (Å²) in [6.45, 7) is 10.5. The number of guanidine groups is 1. The smallest absolute Gasteiger partial charge is 0.191 e. The van der Waals surface area contributed by atoms with Crippen molar-refractivity contribution in [2.45, 2.75) is 51.6 Å². The van der Waals surface area contributed by atoms with Gasteiger partial charge >= 0.3 is 0 Å². The summed E-state index contributed by atoms with van der Waals surface area (Å²) in [6.07, 6.45) is 2.58. The van der Waals surface area contributed by atoms with Crippen LogP contribution in [0.25, 0.3) is 0 Å². The van der Waals surface area contributed by atoms with Gasteiger partial charge in [0.15, 0.2) is 5.96 Å². The Kier molecular flexibility index (Phi) is 7.08. The van der Waals surface area contributed by atoms with Gasteiger partial charge in [-0.25, -0.2) is 4.98 Å². The molecule has 0 saturated carbocycles. The van der Waals surface area contributed by atoms with Gasteiger partial charge in [0.1, 0.15) is 0 Å². The van der Waals surface area contributed by atoms with E-state index in [1.165, 1.54) is 36.5 Å². The number of hydrogen-bond acceptors (Lipinski definition) is 4. The van der Waals surface area contributed by atoms with Crippen LogP contribution in [0.15, 0.2) is 40.7 Å². The molecular formula is C22H33N5S. The average Bonchev–Trinajstić information content (AvgIpc) is 3.37. The number of nitrogens with zero attached hydrogens (tertiary/aromatic N) is 3. The van der Waals surface area contributed by atoms with Crippen LogP contribution in [0.1, 0.15) is 55.9 Å². The van der Waals surface area contributed by atoms with Crippen molar-refractivity contribution in [3.63, 3.8) is 0 Å². The van der Waals surface area contributed by atoms with E-state index >= 15 is 0 Å². The molecule has 1 unspecified atom stereocenters. The van der Waals surface area contributed by atoms with Crippen LogP contribution in [0.5, 0.6) is 0 Å². The van der Waals surface area contributed by atoms with E-state index in [-0.39, 0.29) is 5.41 Å². The van der Waals surface area contributed by atoms with Crippen LogP contribution < -0.4 is 10.6 Å². The van der Waals surface area contributed by atoms with Crippen molar-refractivity contribution in [2.24, 2.45) is 4.99 Å². The highest BCUT2D eigenvalue weighted by Gasteiger charge is 2.23. The van der Waals surface area contributed by atoms with Crippen molar-refractivity contribution in [1.29, 1.82) is 0 Å². The van der Waals surface area contributed by atoms with Gasteiger partial charge in [-0.2, -0.15) is 0 Å². The first-order chi connectivity index (χ1) is 13.5. The van der Waals surface area contributed by atoms with Crippen LogP contribution in [0.2, 0.25) is 0 Å². The molecule has 2 aromatic rings. The van der Waals surface area contributed by atoms with Crippen LogP contribution in [-0.4, -0.2) is 42.5 Å². The first-order valence-corrected chi connectivity index (χ1v) is 11.0. The van der Waals surface area contributed by atoms with Crippen molar-refractivity contribution in [3.8, 4) is 0 Å². The minimum Gasteiger partial charge on any atom is -0.354 e. The predicted octanol–water partition coefficient (Wildman–Crippen LogP) is 3.94. The first kappa shape index (κ1) is 20.8. The minimum absolute atomic E-state index is 0.0987. The molecule has 1 aromatic heterocycles. The summed E-state index contributed by atoms with van der Waals surface area (Å²) in [7, 11) is 1.82. The fourth-order valence-electron chi connectivity index (χ4n) is 3.51. The maximum absolute atomic E-state index is 4.76. The summed E-state index contributed by atoms with van der Waals surface area (Å²) in [5.74, 6) is 0.824. The lowest BCUT2D eigenvalue weighted by atomic mass is 9.98. The van der Waals surface area contributed by atoms with E-state index < -0.39 is 0 Å². The molecule has 6 heteroatoms. The van der Waals surface area contributed by atoms with E-state index in [1.807, 2.05) is 7.05 Å². The Morgan fingerprint density at radius 2 is 1.89 bits per heavy atom.